The lowest BCUT2D eigenvalue weighted by molar-refractivity contribution is -0.132. The van der Waals surface area contributed by atoms with Gasteiger partial charge in [0.25, 0.3) is 0 Å². The van der Waals surface area contributed by atoms with Gasteiger partial charge in [-0.25, -0.2) is 4.98 Å². The van der Waals surface area contributed by atoms with Crippen LogP contribution >= 0.6 is 11.6 Å². The Morgan fingerprint density at radius 1 is 1.36 bits per heavy atom. The molecule has 0 aliphatic carbocycles. The molecule has 1 aromatic rings. The van der Waals surface area contributed by atoms with Crippen LogP contribution in [0.3, 0.4) is 0 Å². The van der Waals surface area contributed by atoms with Crippen LogP contribution in [0, 0.1) is 0 Å². The van der Waals surface area contributed by atoms with Crippen LogP contribution in [-0.4, -0.2) is 57.5 Å². The van der Waals surface area contributed by atoms with E-state index in [-0.39, 0.29) is 5.91 Å². The van der Waals surface area contributed by atoms with Gasteiger partial charge in [0.05, 0.1) is 6.20 Å². The second kappa shape index (κ2) is 7.97. The molecule has 1 aliphatic heterocycles. The average Bonchev–Trinajstić information content (AvgIpc) is 2.86. The fourth-order valence-electron chi connectivity index (χ4n) is 3.25. The predicted molar refractivity (Wildman–Crippen MR) is 89.1 cm³/mol. The van der Waals surface area contributed by atoms with Crippen molar-refractivity contribution in [2.24, 2.45) is 7.05 Å². The van der Waals surface area contributed by atoms with E-state index in [4.69, 9.17) is 11.6 Å². The van der Waals surface area contributed by atoms with Gasteiger partial charge < -0.3 is 14.4 Å². The van der Waals surface area contributed by atoms with Crippen LogP contribution in [0.25, 0.3) is 0 Å². The quantitative estimate of drug-likeness (QED) is 0.805. The number of imidazole rings is 1. The van der Waals surface area contributed by atoms with Gasteiger partial charge in [0, 0.05) is 39.0 Å². The Morgan fingerprint density at radius 3 is 2.50 bits per heavy atom. The van der Waals surface area contributed by atoms with Gasteiger partial charge in [0.2, 0.25) is 5.91 Å². The summed E-state index contributed by atoms with van der Waals surface area (Å²) in [6.45, 7) is 8.35. The van der Waals surface area contributed by atoms with Crippen LogP contribution in [0.1, 0.15) is 38.9 Å². The molecular formula is C16H27ClN4O. The fourth-order valence-corrected chi connectivity index (χ4v) is 3.40. The molecule has 1 aliphatic rings. The minimum atomic E-state index is 0.233. The van der Waals surface area contributed by atoms with Crippen molar-refractivity contribution in [2.75, 3.05) is 26.2 Å². The SMILES string of the molecule is CCN(CC)C1CCN(C(=O)CCc2ncc(Cl)n2C)CC1. The first-order valence-electron chi connectivity index (χ1n) is 8.24. The maximum Gasteiger partial charge on any atom is 0.223 e. The summed E-state index contributed by atoms with van der Waals surface area (Å²) in [6.07, 6.45) is 4.97. The summed E-state index contributed by atoms with van der Waals surface area (Å²) in [5.74, 6) is 1.11. The van der Waals surface area contributed by atoms with Crippen molar-refractivity contribution in [3.05, 3.63) is 17.2 Å². The number of carbonyl (C=O) groups is 1. The Bertz CT molecular complexity index is 490. The van der Waals surface area contributed by atoms with Gasteiger partial charge in [0.1, 0.15) is 11.0 Å². The van der Waals surface area contributed by atoms with Gasteiger partial charge in [-0.05, 0) is 25.9 Å². The highest BCUT2D eigenvalue weighted by Crippen LogP contribution is 2.18. The third-order valence-electron chi connectivity index (χ3n) is 4.74. The van der Waals surface area contributed by atoms with Crippen LogP contribution < -0.4 is 0 Å². The molecule has 1 saturated heterocycles. The molecule has 0 aromatic carbocycles. The standard InChI is InChI=1S/C16H27ClN4O/c1-4-20(5-2)13-8-10-21(11-9-13)16(22)7-6-15-18-12-14(17)19(15)3/h12-13H,4-11H2,1-3H3. The van der Waals surface area contributed by atoms with E-state index in [1.165, 1.54) is 0 Å². The number of rotatable bonds is 6. The predicted octanol–water partition coefficient (Wildman–Crippen LogP) is 2.34. The number of hydrogen-bond acceptors (Lipinski definition) is 3. The lowest BCUT2D eigenvalue weighted by atomic mass is 10.0. The molecule has 2 rings (SSSR count). The molecule has 124 valence electrons. The zero-order valence-corrected chi connectivity index (χ0v) is 14.6. The zero-order chi connectivity index (χ0) is 16.1. The van der Waals surface area contributed by atoms with Gasteiger partial charge in [-0.2, -0.15) is 0 Å². The number of amides is 1. The number of piperidine rings is 1. The van der Waals surface area contributed by atoms with E-state index in [2.05, 4.69) is 23.7 Å². The van der Waals surface area contributed by atoms with Crippen molar-refractivity contribution in [1.82, 2.24) is 19.4 Å². The molecule has 1 amide bonds. The van der Waals surface area contributed by atoms with E-state index in [1.54, 1.807) is 6.20 Å². The molecule has 0 unspecified atom stereocenters. The van der Waals surface area contributed by atoms with Crippen LogP contribution in [0.15, 0.2) is 6.20 Å². The maximum atomic E-state index is 12.3. The highest BCUT2D eigenvalue weighted by Gasteiger charge is 2.25. The molecule has 0 atom stereocenters. The van der Waals surface area contributed by atoms with Gasteiger partial charge in [-0.1, -0.05) is 25.4 Å². The van der Waals surface area contributed by atoms with E-state index >= 15 is 0 Å². The molecule has 0 spiro atoms. The summed E-state index contributed by atoms with van der Waals surface area (Å²) < 4.78 is 1.83. The smallest absolute Gasteiger partial charge is 0.223 e. The number of aromatic nitrogens is 2. The van der Waals surface area contributed by atoms with Gasteiger partial charge >= 0.3 is 0 Å². The Morgan fingerprint density at radius 2 is 2.00 bits per heavy atom. The lowest BCUT2D eigenvalue weighted by Crippen LogP contribution is -2.46. The summed E-state index contributed by atoms with van der Waals surface area (Å²) in [5, 5.41) is 0.613. The molecule has 22 heavy (non-hydrogen) atoms. The van der Waals surface area contributed by atoms with Crippen molar-refractivity contribution in [2.45, 2.75) is 45.6 Å². The highest BCUT2D eigenvalue weighted by atomic mass is 35.5. The third kappa shape index (κ3) is 4.02. The van der Waals surface area contributed by atoms with E-state index < -0.39 is 0 Å². The minimum Gasteiger partial charge on any atom is -0.343 e. The summed E-state index contributed by atoms with van der Waals surface area (Å²) in [6, 6.07) is 0.632. The minimum absolute atomic E-state index is 0.233. The molecule has 0 N–H and O–H groups in total. The van der Waals surface area contributed by atoms with Gasteiger partial charge in [0.15, 0.2) is 0 Å². The lowest BCUT2D eigenvalue weighted by Gasteiger charge is -2.37. The average molecular weight is 327 g/mol. The van der Waals surface area contributed by atoms with Crippen molar-refractivity contribution < 1.29 is 4.79 Å². The molecule has 1 aromatic heterocycles. The molecule has 0 radical (unpaired) electrons. The molecule has 5 nitrogen and oxygen atoms in total. The van der Waals surface area contributed by atoms with Crippen LogP contribution in [-0.2, 0) is 18.3 Å². The Kier molecular flexibility index (Phi) is 6.26. The molecular weight excluding hydrogens is 300 g/mol. The number of hydrogen-bond donors (Lipinski definition) is 0. The summed E-state index contributed by atoms with van der Waals surface area (Å²) in [5.41, 5.74) is 0. The maximum absolute atomic E-state index is 12.3. The Labute approximate surface area is 138 Å². The molecule has 1 fully saturated rings. The van der Waals surface area contributed by atoms with Crippen LogP contribution in [0.4, 0.5) is 0 Å². The third-order valence-corrected chi connectivity index (χ3v) is 5.09. The second-order valence-corrected chi connectivity index (χ2v) is 6.28. The Balaban J connectivity index is 1.79. The van der Waals surface area contributed by atoms with Crippen molar-refractivity contribution in [3.63, 3.8) is 0 Å². The van der Waals surface area contributed by atoms with E-state index in [0.29, 0.717) is 24.0 Å². The first-order chi connectivity index (χ1) is 10.6. The summed E-state index contributed by atoms with van der Waals surface area (Å²) in [4.78, 5) is 21.1. The number of halogens is 1. The summed E-state index contributed by atoms with van der Waals surface area (Å²) in [7, 11) is 1.88. The normalized spacial score (nSPS) is 16.5. The van der Waals surface area contributed by atoms with Crippen LogP contribution in [0.5, 0.6) is 0 Å². The molecule has 0 bridgehead atoms. The largest absolute Gasteiger partial charge is 0.343 e. The van der Waals surface area contributed by atoms with E-state index in [9.17, 15) is 4.79 Å². The number of carbonyl (C=O) groups excluding carboxylic acids is 1. The molecule has 6 heteroatoms. The number of nitrogens with zero attached hydrogens (tertiary/aromatic N) is 4. The van der Waals surface area contributed by atoms with Crippen molar-refractivity contribution in [3.8, 4) is 0 Å². The zero-order valence-electron chi connectivity index (χ0n) is 13.9. The first-order valence-corrected chi connectivity index (χ1v) is 8.62. The van der Waals surface area contributed by atoms with Crippen molar-refractivity contribution >= 4 is 17.5 Å². The first kappa shape index (κ1) is 17.3. The van der Waals surface area contributed by atoms with Gasteiger partial charge in [-0.3, -0.25) is 4.79 Å². The monoisotopic (exact) mass is 326 g/mol. The van der Waals surface area contributed by atoms with Gasteiger partial charge in [-0.15, -0.1) is 0 Å². The second-order valence-electron chi connectivity index (χ2n) is 5.89. The highest BCUT2D eigenvalue weighted by molar-refractivity contribution is 6.29. The molecule has 2 heterocycles. The Hall–Kier alpha value is -1.07. The topological polar surface area (TPSA) is 41.4 Å². The van der Waals surface area contributed by atoms with E-state index in [1.807, 2.05) is 16.5 Å². The fraction of sp³-hybridized carbons (Fsp3) is 0.750. The number of likely N-dealkylation sites (tertiary alicyclic amines) is 1. The van der Waals surface area contributed by atoms with Crippen LogP contribution in [0.2, 0.25) is 5.15 Å². The molecule has 0 saturated carbocycles. The van der Waals surface area contributed by atoms with Crippen molar-refractivity contribution in [1.29, 1.82) is 0 Å². The van der Waals surface area contributed by atoms with E-state index in [0.717, 1.165) is 44.8 Å². The number of aryl methyl sites for hydroxylation is 1. The summed E-state index contributed by atoms with van der Waals surface area (Å²) >= 11 is 5.97.